The molecule has 0 aliphatic heterocycles. The van der Waals surface area contributed by atoms with Crippen LogP contribution in [0.5, 0.6) is 5.75 Å². The largest absolute Gasteiger partial charge is 0.508 e. The average molecular weight is 220 g/mol. The van der Waals surface area contributed by atoms with Gasteiger partial charge in [0.2, 0.25) is 0 Å². The second-order valence-corrected chi connectivity index (χ2v) is 5.71. The highest BCUT2D eigenvalue weighted by Gasteiger charge is 2.05. The Kier molecular flexibility index (Phi) is 3.18. The quantitative estimate of drug-likeness (QED) is 0.595. The zero-order valence-electron chi connectivity index (χ0n) is 6.54. The Hall–Kier alpha value is -0.720. The predicted octanol–water partition coefficient (Wildman–Crippen LogP) is 1.43. The van der Waals surface area contributed by atoms with Crippen molar-refractivity contribution in [1.82, 2.24) is 0 Å². The van der Waals surface area contributed by atoms with Gasteiger partial charge in [-0.3, -0.25) is 4.55 Å². The van der Waals surface area contributed by atoms with Gasteiger partial charge in [-0.25, -0.2) is 0 Å². The van der Waals surface area contributed by atoms with E-state index >= 15 is 0 Å². The number of rotatable bonds is 3. The highest BCUT2D eigenvalue weighted by molar-refractivity contribution is 8.69. The first kappa shape index (κ1) is 10.4. The van der Waals surface area contributed by atoms with Crippen molar-refractivity contribution in [2.45, 2.75) is 5.75 Å². The molecule has 4 nitrogen and oxygen atoms in total. The third-order valence-corrected chi connectivity index (χ3v) is 3.31. The van der Waals surface area contributed by atoms with E-state index in [4.69, 9.17) is 9.66 Å². The molecule has 0 unspecified atom stereocenters. The summed E-state index contributed by atoms with van der Waals surface area (Å²) in [6.45, 7) is 0. The number of aromatic hydroxyl groups is 1. The molecule has 0 spiro atoms. The third-order valence-electron chi connectivity index (χ3n) is 1.31. The molecule has 1 aromatic carbocycles. The van der Waals surface area contributed by atoms with Crippen LogP contribution in [-0.2, 0) is 14.9 Å². The molecule has 0 fully saturated rings. The van der Waals surface area contributed by atoms with E-state index < -0.39 is 9.15 Å². The highest BCUT2D eigenvalue weighted by atomic mass is 33.1. The van der Waals surface area contributed by atoms with Crippen LogP contribution in [0.2, 0.25) is 0 Å². The van der Waals surface area contributed by atoms with Crippen molar-refractivity contribution < 1.29 is 18.1 Å². The van der Waals surface area contributed by atoms with Crippen LogP contribution >= 0.6 is 10.8 Å². The molecular weight excluding hydrogens is 212 g/mol. The lowest BCUT2D eigenvalue weighted by Gasteiger charge is -1.98. The Morgan fingerprint density at radius 1 is 1.23 bits per heavy atom. The van der Waals surface area contributed by atoms with Gasteiger partial charge in [0, 0.05) is 16.5 Å². The maximum absolute atomic E-state index is 10.3. The number of hydrogen-bond acceptors (Lipinski definition) is 4. The van der Waals surface area contributed by atoms with E-state index in [1.54, 1.807) is 12.1 Å². The molecule has 0 amide bonds. The van der Waals surface area contributed by atoms with Crippen LogP contribution in [0.3, 0.4) is 0 Å². The van der Waals surface area contributed by atoms with Crippen molar-refractivity contribution in [3.05, 3.63) is 29.8 Å². The van der Waals surface area contributed by atoms with E-state index in [1.807, 2.05) is 0 Å². The summed E-state index contributed by atoms with van der Waals surface area (Å²) >= 11 is 0. The molecule has 13 heavy (non-hydrogen) atoms. The molecule has 6 heteroatoms. The van der Waals surface area contributed by atoms with Gasteiger partial charge in [-0.15, -0.1) is 0 Å². The molecule has 1 rings (SSSR count). The summed E-state index contributed by atoms with van der Waals surface area (Å²) in [6, 6.07) is 6.10. The fraction of sp³-hybridized carbons (Fsp3) is 0.143. The second-order valence-electron chi connectivity index (χ2n) is 2.36. The molecule has 0 heterocycles. The summed E-state index contributed by atoms with van der Waals surface area (Å²) in [5.74, 6) is 0.291. The summed E-state index contributed by atoms with van der Waals surface area (Å²) in [5, 5.41) is 8.91. The van der Waals surface area contributed by atoms with E-state index in [9.17, 15) is 8.42 Å². The summed E-state index contributed by atoms with van der Waals surface area (Å²) in [6.07, 6.45) is 0. The summed E-state index contributed by atoms with van der Waals surface area (Å²) < 4.78 is 29.1. The first-order chi connectivity index (χ1) is 5.97. The molecule has 0 atom stereocenters. The Morgan fingerprint density at radius 3 is 2.23 bits per heavy atom. The Balaban J connectivity index is 2.61. The van der Waals surface area contributed by atoms with E-state index in [1.165, 1.54) is 12.1 Å². The van der Waals surface area contributed by atoms with Crippen LogP contribution in [0, 0.1) is 0 Å². The maximum Gasteiger partial charge on any atom is 0.320 e. The standard InChI is InChI=1S/C7H8O4S2/c8-7-3-1-6(2-4-7)5-12-13(9,10)11/h1-4,8H,5H2,(H,9,10,11). The minimum atomic E-state index is -3.98. The van der Waals surface area contributed by atoms with Gasteiger partial charge in [0.05, 0.1) is 0 Å². The lowest BCUT2D eigenvalue weighted by molar-refractivity contribution is 0.475. The first-order valence-electron chi connectivity index (χ1n) is 3.37. The number of hydrogen-bond donors (Lipinski definition) is 2. The van der Waals surface area contributed by atoms with Crippen molar-refractivity contribution in [2.75, 3.05) is 0 Å². The highest BCUT2D eigenvalue weighted by Crippen LogP contribution is 2.18. The van der Waals surface area contributed by atoms with Gasteiger partial charge in [-0.2, -0.15) is 8.42 Å². The summed E-state index contributed by atoms with van der Waals surface area (Å²) in [7, 11) is -3.54. The Bertz CT molecular complexity index is 368. The molecule has 0 bridgehead atoms. The van der Waals surface area contributed by atoms with E-state index in [-0.39, 0.29) is 11.5 Å². The molecule has 0 saturated heterocycles. The van der Waals surface area contributed by atoms with Gasteiger partial charge in [0.25, 0.3) is 0 Å². The third kappa shape index (κ3) is 4.16. The van der Waals surface area contributed by atoms with Crippen molar-refractivity contribution in [2.24, 2.45) is 0 Å². The summed E-state index contributed by atoms with van der Waals surface area (Å²) in [4.78, 5) is 0. The van der Waals surface area contributed by atoms with Crippen LogP contribution in [-0.4, -0.2) is 18.1 Å². The molecule has 0 aliphatic rings. The fourth-order valence-corrected chi connectivity index (χ4v) is 2.07. The lowest BCUT2D eigenvalue weighted by Crippen LogP contribution is -1.90. The molecule has 2 N–H and O–H groups in total. The normalized spacial score (nSPS) is 11.5. The Morgan fingerprint density at radius 2 is 1.77 bits per heavy atom. The van der Waals surface area contributed by atoms with E-state index in [0.717, 1.165) is 5.56 Å². The molecule has 72 valence electrons. The van der Waals surface area contributed by atoms with Crippen LogP contribution < -0.4 is 0 Å². The van der Waals surface area contributed by atoms with Gasteiger partial charge in [0.15, 0.2) is 0 Å². The van der Waals surface area contributed by atoms with Gasteiger partial charge in [-0.05, 0) is 17.7 Å². The molecule has 0 aliphatic carbocycles. The monoisotopic (exact) mass is 220 g/mol. The average Bonchev–Trinajstić information content (AvgIpc) is 2.02. The lowest BCUT2D eigenvalue weighted by atomic mass is 10.2. The van der Waals surface area contributed by atoms with Crippen LogP contribution in [0.25, 0.3) is 0 Å². The van der Waals surface area contributed by atoms with Gasteiger partial charge >= 0.3 is 9.15 Å². The Labute approximate surface area is 79.7 Å². The number of phenolic OH excluding ortho intramolecular Hbond substituents is 1. The maximum atomic E-state index is 10.3. The molecule has 0 saturated carbocycles. The zero-order valence-corrected chi connectivity index (χ0v) is 8.18. The number of phenols is 1. The molecule has 0 radical (unpaired) electrons. The van der Waals surface area contributed by atoms with E-state index in [0.29, 0.717) is 10.8 Å². The predicted molar refractivity (Wildman–Crippen MR) is 51.0 cm³/mol. The van der Waals surface area contributed by atoms with Crippen LogP contribution in [0.15, 0.2) is 24.3 Å². The van der Waals surface area contributed by atoms with Crippen molar-refractivity contribution in [1.29, 1.82) is 0 Å². The molecule has 1 aromatic rings. The van der Waals surface area contributed by atoms with Crippen LogP contribution in [0.4, 0.5) is 0 Å². The topological polar surface area (TPSA) is 74.6 Å². The van der Waals surface area contributed by atoms with Crippen molar-refractivity contribution in [3.8, 4) is 5.75 Å². The molecule has 0 aromatic heterocycles. The summed E-state index contributed by atoms with van der Waals surface area (Å²) in [5.41, 5.74) is 0.723. The fourth-order valence-electron chi connectivity index (χ4n) is 0.735. The minimum absolute atomic E-state index is 0.126. The van der Waals surface area contributed by atoms with E-state index in [2.05, 4.69) is 0 Å². The van der Waals surface area contributed by atoms with Gasteiger partial charge < -0.3 is 5.11 Å². The minimum Gasteiger partial charge on any atom is -0.508 e. The van der Waals surface area contributed by atoms with Gasteiger partial charge in [0.1, 0.15) is 5.75 Å². The van der Waals surface area contributed by atoms with Crippen molar-refractivity contribution >= 4 is 19.9 Å². The zero-order chi connectivity index (χ0) is 9.90. The van der Waals surface area contributed by atoms with Crippen molar-refractivity contribution in [3.63, 3.8) is 0 Å². The first-order valence-corrected chi connectivity index (χ1v) is 6.31. The second kappa shape index (κ2) is 3.99. The smallest absolute Gasteiger partial charge is 0.320 e. The molecular formula is C7H8O4S2. The van der Waals surface area contributed by atoms with Gasteiger partial charge in [-0.1, -0.05) is 12.1 Å². The number of benzene rings is 1. The van der Waals surface area contributed by atoms with Crippen LogP contribution in [0.1, 0.15) is 5.56 Å². The SMILES string of the molecule is O=S(=O)(O)SCc1ccc(O)cc1.